The monoisotopic (exact) mass is 253 g/mol. The van der Waals surface area contributed by atoms with Gasteiger partial charge in [0.1, 0.15) is 5.01 Å². The number of hydrogen-bond donors (Lipinski definition) is 0. The maximum atomic E-state index is 4.27. The number of aryl methyl sites for hydroxylation is 1. The number of thiazole rings is 1. The van der Waals surface area contributed by atoms with Crippen molar-refractivity contribution < 1.29 is 0 Å². The van der Waals surface area contributed by atoms with Gasteiger partial charge in [-0.3, -0.25) is 0 Å². The lowest BCUT2D eigenvalue weighted by Gasteiger charge is -2.00. The molecule has 0 amide bonds. The molecule has 13 heavy (non-hydrogen) atoms. The van der Waals surface area contributed by atoms with Crippen molar-refractivity contribution in [2.75, 3.05) is 0 Å². The first-order chi connectivity index (χ1) is 6.27. The SMILES string of the molecule is Cc1ccc(-c2nccs2)c(Br)c1. The molecule has 0 atom stereocenters. The second-order valence-electron chi connectivity index (χ2n) is 2.82. The fraction of sp³-hybridized carbons (Fsp3) is 0.100. The van der Waals surface area contributed by atoms with E-state index in [4.69, 9.17) is 0 Å². The molecule has 1 aromatic carbocycles. The second kappa shape index (κ2) is 3.60. The molecule has 3 heteroatoms. The predicted octanol–water partition coefficient (Wildman–Crippen LogP) is 3.88. The van der Waals surface area contributed by atoms with Crippen molar-refractivity contribution in [3.8, 4) is 10.6 Å². The summed E-state index contributed by atoms with van der Waals surface area (Å²) < 4.78 is 1.11. The van der Waals surface area contributed by atoms with Crippen LogP contribution < -0.4 is 0 Å². The van der Waals surface area contributed by atoms with Crippen LogP contribution in [0.3, 0.4) is 0 Å². The zero-order chi connectivity index (χ0) is 9.26. The molecule has 0 saturated carbocycles. The maximum absolute atomic E-state index is 4.27. The van der Waals surface area contributed by atoms with Crippen LogP contribution in [0.2, 0.25) is 0 Å². The number of halogens is 1. The number of aromatic nitrogens is 1. The molecule has 66 valence electrons. The summed E-state index contributed by atoms with van der Waals surface area (Å²) in [5, 5.41) is 3.05. The summed E-state index contributed by atoms with van der Waals surface area (Å²) in [6.45, 7) is 2.08. The summed E-state index contributed by atoms with van der Waals surface area (Å²) in [5.41, 5.74) is 2.42. The third-order valence-corrected chi connectivity index (χ3v) is 3.25. The molecule has 0 aliphatic heterocycles. The van der Waals surface area contributed by atoms with Crippen molar-refractivity contribution in [3.63, 3.8) is 0 Å². The van der Waals surface area contributed by atoms with Gasteiger partial charge in [0, 0.05) is 21.6 Å². The highest BCUT2D eigenvalue weighted by atomic mass is 79.9. The van der Waals surface area contributed by atoms with E-state index in [9.17, 15) is 0 Å². The van der Waals surface area contributed by atoms with Gasteiger partial charge in [-0.2, -0.15) is 0 Å². The summed E-state index contributed by atoms with van der Waals surface area (Å²) in [6, 6.07) is 6.30. The lowest BCUT2D eigenvalue weighted by molar-refractivity contribution is 1.39. The summed E-state index contributed by atoms with van der Waals surface area (Å²) in [7, 11) is 0. The van der Waals surface area contributed by atoms with Gasteiger partial charge >= 0.3 is 0 Å². The third-order valence-electron chi connectivity index (χ3n) is 1.79. The first-order valence-corrected chi connectivity index (χ1v) is 5.60. The summed E-state index contributed by atoms with van der Waals surface area (Å²) >= 11 is 5.19. The zero-order valence-electron chi connectivity index (χ0n) is 7.12. The maximum Gasteiger partial charge on any atom is 0.124 e. The summed E-state index contributed by atoms with van der Waals surface area (Å²) in [6.07, 6.45) is 1.83. The minimum absolute atomic E-state index is 1.06. The Morgan fingerprint density at radius 3 is 2.85 bits per heavy atom. The van der Waals surface area contributed by atoms with Gasteiger partial charge in [0.25, 0.3) is 0 Å². The van der Waals surface area contributed by atoms with E-state index < -0.39 is 0 Å². The summed E-state index contributed by atoms with van der Waals surface area (Å²) in [5.74, 6) is 0. The van der Waals surface area contributed by atoms with Crippen molar-refractivity contribution in [2.45, 2.75) is 6.92 Å². The van der Waals surface area contributed by atoms with E-state index in [1.165, 1.54) is 11.1 Å². The lowest BCUT2D eigenvalue weighted by Crippen LogP contribution is -1.79. The van der Waals surface area contributed by atoms with Gasteiger partial charge in [0.2, 0.25) is 0 Å². The van der Waals surface area contributed by atoms with E-state index in [0.717, 1.165) is 9.48 Å². The number of benzene rings is 1. The van der Waals surface area contributed by atoms with E-state index >= 15 is 0 Å². The first-order valence-electron chi connectivity index (χ1n) is 3.93. The molecule has 1 heterocycles. The van der Waals surface area contributed by atoms with Crippen molar-refractivity contribution in [1.29, 1.82) is 0 Å². The van der Waals surface area contributed by atoms with Crippen LogP contribution in [0.25, 0.3) is 10.6 Å². The topological polar surface area (TPSA) is 12.9 Å². The molecule has 0 bridgehead atoms. The molecule has 1 nitrogen and oxygen atoms in total. The summed E-state index contributed by atoms with van der Waals surface area (Å²) in [4.78, 5) is 4.27. The lowest BCUT2D eigenvalue weighted by atomic mass is 10.2. The second-order valence-corrected chi connectivity index (χ2v) is 4.57. The molecule has 0 fully saturated rings. The molecular weight excluding hydrogens is 246 g/mol. The molecule has 1 aromatic heterocycles. The minimum Gasteiger partial charge on any atom is -0.245 e. The largest absolute Gasteiger partial charge is 0.245 e. The Kier molecular flexibility index (Phi) is 2.47. The van der Waals surface area contributed by atoms with Crippen LogP contribution in [-0.2, 0) is 0 Å². The molecule has 0 spiro atoms. The van der Waals surface area contributed by atoms with Crippen molar-refractivity contribution in [1.82, 2.24) is 4.98 Å². The van der Waals surface area contributed by atoms with Crippen LogP contribution in [0.15, 0.2) is 34.2 Å². The van der Waals surface area contributed by atoms with Crippen molar-refractivity contribution in [3.05, 3.63) is 39.8 Å². The predicted molar refractivity (Wildman–Crippen MR) is 60.0 cm³/mol. The third kappa shape index (κ3) is 1.81. The minimum atomic E-state index is 1.06. The van der Waals surface area contributed by atoms with Crippen LogP contribution in [0.1, 0.15) is 5.56 Å². The fourth-order valence-corrected chi connectivity index (χ4v) is 2.64. The zero-order valence-corrected chi connectivity index (χ0v) is 9.52. The Bertz CT molecular complexity index is 409. The smallest absolute Gasteiger partial charge is 0.124 e. The van der Waals surface area contributed by atoms with Crippen LogP contribution in [0.4, 0.5) is 0 Å². The number of nitrogens with zero attached hydrogens (tertiary/aromatic N) is 1. The Labute approximate surface area is 89.6 Å². The van der Waals surface area contributed by atoms with E-state index in [2.05, 4.69) is 46.0 Å². The molecule has 0 radical (unpaired) electrons. The Morgan fingerprint density at radius 2 is 2.23 bits per heavy atom. The number of rotatable bonds is 1. The quantitative estimate of drug-likeness (QED) is 0.752. The Balaban J connectivity index is 2.53. The molecule has 0 saturated heterocycles. The van der Waals surface area contributed by atoms with Crippen LogP contribution in [-0.4, -0.2) is 4.98 Å². The average Bonchev–Trinajstić information content (AvgIpc) is 2.56. The molecule has 0 aliphatic rings. The van der Waals surface area contributed by atoms with E-state index in [-0.39, 0.29) is 0 Å². The van der Waals surface area contributed by atoms with Gasteiger partial charge in [0.05, 0.1) is 0 Å². The van der Waals surface area contributed by atoms with Crippen LogP contribution >= 0.6 is 27.3 Å². The van der Waals surface area contributed by atoms with Crippen molar-refractivity contribution in [2.24, 2.45) is 0 Å². The van der Waals surface area contributed by atoms with Gasteiger partial charge in [-0.15, -0.1) is 11.3 Å². The van der Waals surface area contributed by atoms with Gasteiger partial charge in [-0.25, -0.2) is 4.98 Å². The molecule has 2 rings (SSSR count). The highest BCUT2D eigenvalue weighted by molar-refractivity contribution is 9.10. The van der Waals surface area contributed by atoms with Gasteiger partial charge < -0.3 is 0 Å². The van der Waals surface area contributed by atoms with Gasteiger partial charge in [-0.05, 0) is 18.6 Å². The van der Waals surface area contributed by atoms with E-state index in [1.807, 2.05) is 11.6 Å². The standard InChI is InChI=1S/C10H8BrNS/c1-7-2-3-8(9(11)6-7)10-12-4-5-13-10/h2-6H,1H3. The Hall–Kier alpha value is -0.670. The fourth-order valence-electron chi connectivity index (χ4n) is 1.15. The molecule has 0 N–H and O–H groups in total. The van der Waals surface area contributed by atoms with E-state index in [0.29, 0.717) is 0 Å². The van der Waals surface area contributed by atoms with Crippen LogP contribution in [0.5, 0.6) is 0 Å². The van der Waals surface area contributed by atoms with Crippen LogP contribution in [0, 0.1) is 6.92 Å². The van der Waals surface area contributed by atoms with Gasteiger partial charge in [0.15, 0.2) is 0 Å². The Morgan fingerprint density at radius 1 is 1.38 bits per heavy atom. The van der Waals surface area contributed by atoms with E-state index in [1.54, 1.807) is 11.3 Å². The normalized spacial score (nSPS) is 10.3. The van der Waals surface area contributed by atoms with Crippen molar-refractivity contribution >= 4 is 27.3 Å². The van der Waals surface area contributed by atoms with Gasteiger partial charge in [-0.1, -0.05) is 28.1 Å². The number of hydrogen-bond acceptors (Lipinski definition) is 2. The first kappa shape index (κ1) is 8.91. The molecule has 0 unspecified atom stereocenters. The molecule has 2 aromatic rings. The highest BCUT2D eigenvalue weighted by Gasteiger charge is 2.04. The molecule has 0 aliphatic carbocycles. The highest BCUT2D eigenvalue weighted by Crippen LogP contribution is 2.30. The average molecular weight is 254 g/mol. The molecular formula is C10H8BrNS.